The molecule has 0 fully saturated rings. The number of carboxylic acid groups (broad SMARTS) is 1. The molecule has 1 amide bonds. The molecule has 1 rings (SSSR count). The number of nitrogens with one attached hydrogen (secondary N) is 1. The van der Waals surface area contributed by atoms with E-state index in [1.54, 1.807) is 19.9 Å². The van der Waals surface area contributed by atoms with E-state index in [1.807, 2.05) is 31.2 Å². The molecule has 0 aliphatic carbocycles. The van der Waals surface area contributed by atoms with E-state index in [0.29, 0.717) is 12.4 Å². The molecule has 114 valence electrons. The van der Waals surface area contributed by atoms with Crippen molar-refractivity contribution < 1.29 is 19.4 Å². The number of rotatable bonds is 7. The van der Waals surface area contributed by atoms with Crippen LogP contribution in [0.5, 0.6) is 5.75 Å². The zero-order chi connectivity index (χ0) is 15.8. The number of benzene rings is 1. The van der Waals surface area contributed by atoms with E-state index in [9.17, 15) is 9.59 Å². The van der Waals surface area contributed by atoms with E-state index < -0.39 is 17.9 Å². The summed E-state index contributed by atoms with van der Waals surface area (Å²) in [5.41, 5.74) is 0.799. The second-order valence-corrected chi connectivity index (χ2v) is 4.73. The predicted octanol–water partition coefficient (Wildman–Crippen LogP) is 2.32. The Morgan fingerprint density at radius 2 is 2.00 bits per heavy atom. The Balaban J connectivity index is 2.68. The van der Waals surface area contributed by atoms with E-state index in [0.717, 1.165) is 5.56 Å². The second-order valence-electron chi connectivity index (χ2n) is 4.73. The molecule has 2 N–H and O–H groups in total. The van der Waals surface area contributed by atoms with E-state index in [-0.39, 0.29) is 5.91 Å². The lowest BCUT2D eigenvalue weighted by molar-refractivity contribution is -0.142. The standard InChI is InChI=1S/C16H21NO4/c1-4-21-14-8-6-5-7-13(14)9-10-15(18)17-12(3)11(2)16(19)20/h5-12H,4H2,1-3H3,(H,17,18)(H,19,20)/b10-9+. The third kappa shape index (κ3) is 5.30. The SMILES string of the molecule is CCOc1ccccc1/C=C/C(=O)NC(C)C(C)C(=O)O. The molecule has 0 bridgehead atoms. The summed E-state index contributed by atoms with van der Waals surface area (Å²) < 4.78 is 5.46. The van der Waals surface area contributed by atoms with Crippen LogP contribution in [-0.2, 0) is 9.59 Å². The Morgan fingerprint density at radius 1 is 1.33 bits per heavy atom. The van der Waals surface area contributed by atoms with E-state index >= 15 is 0 Å². The quantitative estimate of drug-likeness (QED) is 0.756. The minimum absolute atomic E-state index is 0.332. The lowest BCUT2D eigenvalue weighted by atomic mass is 10.0. The molecular formula is C16H21NO4. The first-order chi connectivity index (χ1) is 9.95. The first-order valence-electron chi connectivity index (χ1n) is 6.89. The summed E-state index contributed by atoms with van der Waals surface area (Å²) in [7, 11) is 0. The third-order valence-corrected chi connectivity index (χ3v) is 3.14. The highest BCUT2D eigenvalue weighted by atomic mass is 16.5. The largest absolute Gasteiger partial charge is 0.493 e. The highest BCUT2D eigenvalue weighted by Crippen LogP contribution is 2.19. The molecule has 0 saturated heterocycles. The Labute approximate surface area is 124 Å². The fourth-order valence-corrected chi connectivity index (χ4v) is 1.68. The lowest BCUT2D eigenvalue weighted by Crippen LogP contribution is -2.39. The van der Waals surface area contributed by atoms with E-state index in [1.165, 1.54) is 6.08 Å². The van der Waals surface area contributed by atoms with Gasteiger partial charge in [0.25, 0.3) is 0 Å². The van der Waals surface area contributed by atoms with Gasteiger partial charge in [-0.1, -0.05) is 18.2 Å². The highest BCUT2D eigenvalue weighted by molar-refractivity contribution is 5.92. The monoisotopic (exact) mass is 291 g/mol. The van der Waals surface area contributed by atoms with E-state index in [2.05, 4.69) is 5.32 Å². The van der Waals surface area contributed by atoms with Gasteiger partial charge >= 0.3 is 5.97 Å². The molecule has 1 aromatic rings. The van der Waals surface area contributed by atoms with Gasteiger partial charge in [0, 0.05) is 17.7 Å². The van der Waals surface area contributed by atoms with Crippen LogP contribution in [-0.4, -0.2) is 29.6 Å². The smallest absolute Gasteiger partial charge is 0.308 e. The molecule has 2 atom stereocenters. The summed E-state index contributed by atoms with van der Waals surface area (Å²) >= 11 is 0. The molecule has 21 heavy (non-hydrogen) atoms. The Hall–Kier alpha value is -2.30. The van der Waals surface area contributed by atoms with Gasteiger partial charge in [0.05, 0.1) is 12.5 Å². The van der Waals surface area contributed by atoms with Crippen molar-refractivity contribution in [2.75, 3.05) is 6.61 Å². The summed E-state index contributed by atoms with van der Waals surface area (Å²) in [6, 6.07) is 6.95. The van der Waals surface area contributed by atoms with Crippen molar-refractivity contribution in [1.82, 2.24) is 5.32 Å². The minimum atomic E-state index is -0.937. The van der Waals surface area contributed by atoms with Gasteiger partial charge in [-0.2, -0.15) is 0 Å². The summed E-state index contributed by atoms with van der Waals surface area (Å²) in [5, 5.41) is 11.5. The second kappa shape index (κ2) is 8.09. The van der Waals surface area contributed by atoms with Crippen LogP contribution in [0.4, 0.5) is 0 Å². The molecule has 0 aliphatic heterocycles. The summed E-state index contributed by atoms with van der Waals surface area (Å²) in [6.45, 7) is 5.66. The van der Waals surface area contributed by atoms with Gasteiger partial charge in [-0.15, -0.1) is 0 Å². The Morgan fingerprint density at radius 3 is 2.62 bits per heavy atom. The molecule has 5 heteroatoms. The first kappa shape index (κ1) is 16.8. The maximum Gasteiger partial charge on any atom is 0.308 e. The van der Waals surface area contributed by atoms with Crippen molar-refractivity contribution in [3.05, 3.63) is 35.9 Å². The van der Waals surface area contributed by atoms with Gasteiger partial charge in [0.1, 0.15) is 5.75 Å². The van der Waals surface area contributed by atoms with Gasteiger partial charge in [0.2, 0.25) is 5.91 Å². The topological polar surface area (TPSA) is 75.6 Å². The summed E-state index contributed by atoms with van der Waals surface area (Å²) in [5.74, 6) is -1.20. The van der Waals surface area contributed by atoms with Crippen molar-refractivity contribution in [2.45, 2.75) is 26.8 Å². The average Bonchev–Trinajstić information content (AvgIpc) is 2.45. The van der Waals surface area contributed by atoms with Crippen LogP contribution in [0.3, 0.4) is 0 Å². The van der Waals surface area contributed by atoms with Gasteiger partial charge in [-0.25, -0.2) is 0 Å². The molecular weight excluding hydrogens is 270 g/mol. The lowest BCUT2D eigenvalue weighted by Gasteiger charge is -2.16. The molecule has 5 nitrogen and oxygen atoms in total. The zero-order valence-corrected chi connectivity index (χ0v) is 12.5. The number of ether oxygens (including phenoxy) is 1. The Bertz CT molecular complexity index is 525. The minimum Gasteiger partial charge on any atom is -0.493 e. The molecule has 0 heterocycles. The zero-order valence-electron chi connectivity index (χ0n) is 12.5. The third-order valence-electron chi connectivity index (χ3n) is 3.14. The summed E-state index contributed by atoms with van der Waals surface area (Å²) in [6.07, 6.45) is 3.03. The van der Waals surface area contributed by atoms with Gasteiger partial charge in [0.15, 0.2) is 0 Å². The van der Waals surface area contributed by atoms with Crippen LogP contribution in [0, 0.1) is 5.92 Å². The summed E-state index contributed by atoms with van der Waals surface area (Å²) in [4.78, 5) is 22.6. The highest BCUT2D eigenvalue weighted by Gasteiger charge is 2.19. The van der Waals surface area contributed by atoms with Crippen LogP contribution < -0.4 is 10.1 Å². The number of carbonyl (C=O) groups is 2. The van der Waals surface area contributed by atoms with Crippen molar-refractivity contribution in [1.29, 1.82) is 0 Å². The van der Waals surface area contributed by atoms with E-state index in [4.69, 9.17) is 9.84 Å². The van der Waals surface area contributed by atoms with Crippen LogP contribution in [0.1, 0.15) is 26.3 Å². The normalized spacial score (nSPS) is 13.7. The molecule has 0 spiro atoms. The van der Waals surface area contributed by atoms with Gasteiger partial charge < -0.3 is 15.2 Å². The van der Waals surface area contributed by atoms with Crippen LogP contribution in [0.25, 0.3) is 6.08 Å². The van der Waals surface area contributed by atoms with Crippen molar-refractivity contribution in [3.8, 4) is 5.75 Å². The number of aliphatic carboxylic acids is 1. The Kier molecular flexibility index (Phi) is 6.46. The van der Waals surface area contributed by atoms with Crippen LogP contribution >= 0.6 is 0 Å². The molecule has 0 aromatic heterocycles. The molecule has 1 aromatic carbocycles. The van der Waals surface area contributed by atoms with Crippen molar-refractivity contribution in [2.24, 2.45) is 5.92 Å². The molecule has 0 radical (unpaired) electrons. The maximum atomic E-state index is 11.8. The number of para-hydroxylation sites is 1. The van der Waals surface area contributed by atoms with Crippen molar-refractivity contribution in [3.63, 3.8) is 0 Å². The maximum absolute atomic E-state index is 11.8. The first-order valence-corrected chi connectivity index (χ1v) is 6.89. The number of hydrogen-bond acceptors (Lipinski definition) is 3. The van der Waals surface area contributed by atoms with Crippen LogP contribution in [0.15, 0.2) is 30.3 Å². The molecule has 0 saturated carbocycles. The predicted molar refractivity (Wildman–Crippen MR) is 81.0 cm³/mol. The molecule has 2 unspecified atom stereocenters. The van der Waals surface area contributed by atoms with Gasteiger partial charge in [-0.05, 0) is 32.9 Å². The molecule has 0 aliphatic rings. The number of amides is 1. The number of carbonyl (C=O) groups excluding carboxylic acids is 1. The average molecular weight is 291 g/mol. The fourth-order valence-electron chi connectivity index (χ4n) is 1.68. The fraction of sp³-hybridized carbons (Fsp3) is 0.375. The van der Waals surface area contributed by atoms with Crippen molar-refractivity contribution >= 4 is 18.0 Å². The van der Waals surface area contributed by atoms with Gasteiger partial charge in [-0.3, -0.25) is 9.59 Å². The van der Waals surface area contributed by atoms with Crippen LogP contribution in [0.2, 0.25) is 0 Å². The number of hydrogen-bond donors (Lipinski definition) is 2. The number of carboxylic acids is 1.